The summed E-state index contributed by atoms with van der Waals surface area (Å²) in [5.41, 5.74) is 0. The van der Waals surface area contributed by atoms with E-state index >= 15 is 0 Å². The number of likely N-dealkylation sites (N-methyl/N-ethyl adjacent to an activating group) is 1. The number of urea groups is 1. The van der Waals surface area contributed by atoms with Crippen LogP contribution in [0.25, 0.3) is 0 Å². The molecule has 0 atom stereocenters. The molecule has 0 aliphatic carbocycles. The van der Waals surface area contributed by atoms with Gasteiger partial charge in [-0.05, 0) is 31.2 Å². The first-order chi connectivity index (χ1) is 10.0. The van der Waals surface area contributed by atoms with Crippen LogP contribution in [0.5, 0.6) is 5.75 Å². The molecule has 7 heteroatoms. The van der Waals surface area contributed by atoms with E-state index in [-0.39, 0.29) is 6.03 Å². The Hall–Kier alpha value is -1.79. The van der Waals surface area contributed by atoms with Gasteiger partial charge in [-0.2, -0.15) is 0 Å². The second-order valence-electron chi connectivity index (χ2n) is 4.43. The highest BCUT2D eigenvalue weighted by Crippen LogP contribution is 2.17. The van der Waals surface area contributed by atoms with Crippen LogP contribution in [0.4, 0.5) is 9.93 Å². The van der Waals surface area contributed by atoms with Crippen molar-refractivity contribution in [2.45, 2.75) is 6.92 Å². The Morgan fingerprint density at radius 2 is 2.14 bits per heavy atom. The maximum atomic E-state index is 11.9. The lowest BCUT2D eigenvalue weighted by Crippen LogP contribution is -2.34. The second kappa shape index (κ2) is 7.28. The standard InChI is InChI=1S/C14H16ClN3O2S/c1-10-9-16-13(21-10)17-14(19)18(2)7-8-20-12-5-3-11(15)4-6-12/h3-6,9H,7-8H2,1-2H3,(H,16,17,19). The van der Waals surface area contributed by atoms with E-state index in [1.165, 1.54) is 11.3 Å². The maximum Gasteiger partial charge on any atom is 0.323 e. The average Bonchev–Trinajstić information content (AvgIpc) is 2.86. The number of anilines is 1. The zero-order valence-electron chi connectivity index (χ0n) is 11.8. The van der Waals surface area contributed by atoms with Gasteiger partial charge < -0.3 is 9.64 Å². The van der Waals surface area contributed by atoms with Crippen LogP contribution in [0.1, 0.15) is 4.88 Å². The molecule has 2 aromatic rings. The predicted molar refractivity (Wildman–Crippen MR) is 85.4 cm³/mol. The lowest BCUT2D eigenvalue weighted by atomic mass is 10.3. The lowest BCUT2D eigenvalue weighted by molar-refractivity contribution is 0.207. The lowest BCUT2D eigenvalue weighted by Gasteiger charge is -2.17. The normalized spacial score (nSPS) is 10.2. The molecule has 0 radical (unpaired) electrons. The summed E-state index contributed by atoms with van der Waals surface area (Å²) in [5, 5.41) is 4.00. The van der Waals surface area contributed by atoms with Gasteiger partial charge in [-0.15, -0.1) is 11.3 Å². The Morgan fingerprint density at radius 3 is 2.76 bits per heavy atom. The highest BCUT2D eigenvalue weighted by molar-refractivity contribution is 7.15. The number of thiazole rings is 1. The van der Waals surface area contributed by atoms with E-state index in [2.05, 4.69) is 10.3 Å². The Morgan fingerprint density at radius 1 is 1.43 bits per heavy atom. The molecule has 21 heavy (non-hydrogen) atoms. The smallest absolute Gasteiger partial charge is 0.323 e. The summed E-state index contributed by atoms with van der Waals surface area (Å²) in [6.07, 6.45) is 1.73. The fourth-order valence-corrected chi connectivity index (χ4v) is 2.31. The van der Waals surface area contributed by atoms with Gasteiger partial charge in [0.05, 0.1) is 6.54 Å². The van der Waals surface area contributed by atoms with Crippen molar-refractivity contribution in [3.8, 4) is 5.75 Å². The average molecular weight is 326 g/mol. The number of amides is 2. The van der Waals surface area contributed by atoms with Crippen molar-refractivity contribution < 1.29 is 9.53 Å². The molecule has 1 heterocycles. The van der Waals surface area contributed by atoms with Crippen molar-refractivity contribution in [3.05, 3.63) is 40.4 Å². The van der Waals surface area contributed by atoms with Crippen molar-refractivity contribution in [2.24, 2.45) is 0 Å². The van der Waals surface area contributed by atoms with Crippen molar-refractivity contribution >= 4 is 34.1 Å². The number of aryl methyl sites for hydroxylation is 1. The number of benzene rings is 1. The molecule has 2 rings (SSSR count). The molecule has 0 saturated carbocycles. The molecule has 0 aliphatic rings. The van der Waals surface area contributed by atoms with E-state index < -0.39 is 0 Å². The molecule has 0 spiro atoms. The highest BCUT2D eigenvalue weighted by atomic mass is 35.5. The van der Waals surface area contributed by atoms with Gasteiger partial charge in [0.25, 0.3) is 0 Å². The number of carbonyl (C=O) groups excluding carboxylic acids is 1. The summed E-state index contributed by atoms with van der Waals surface area (Å²) in [4.78, 5) is 18.6. The van der Waals surface area contributed by atoms with Gasteiger partial charge in [-0.25, -0.2) is 9.78 Å². The minimum atomic E-state index is -0.205. The summed E-state index contributed by atoms with van der Waals surface area (Å²) in [5.74, 6) is 0.726. The molecule has 0 fully saturated rings. The zero-order valence-corrected chi connectivity index (χ0v) is 13.4. The molecule has 1 aromatic heterocycles. The summed E-state index contributed by atoms with van der Waals surface area (Å²) in [7, 11) is 1.71. The Labute approximate surface area is 132 Å². The number of hydrogen-bond donors (Lipinski definition) is 1. The molecular formula is C14H16ClN3O2S. The van der Waals surface area contributed by atoms with Crippen LogP contribution >= 0.6 is 22.9 Å². The van der Waals surface area contributed by atoms with Crippen LogP contribution < -0.4 is 10.1 Å². The molecule has 0 bridgehead atoms. The highest BCUT2D eigenvalue weighted by Gasteiger charge is 2.10. The molecule has 0 unspecified atom stereocenters. The van der Waals surface area contributed by atoms with Crippen LogP contribution in [-0.2, 0) is 0 Å². The Balaban J connectivity index is 1.74. The molecule has 1 aromatic carbocycles. The largest absolute Gasteiger partial charge is 0.492 e. The van der Waals surface area contributed by atoms with Gasteiger partial charge in [-0.1, -0.05) is 11.6 Å². The third kappa shape index (κ3) is 4.91. The SMILES string of the molecule is Cc1cnc(NC(=O)N(C)CCOc2ccc(Cl)cc2)s1. The summed E-state index contributed by atoms with van der Waals surface area (Å²) < 4.78 is 5.54. The molecule has 0 aliphatic heterocycles. The summed E-state index contributed by atoms with van der Waals surface area (Å²) in [6, 6.07) is 6.90. The van der Waals surface area contributed by atoms with Crippen LogP contribution in [0.15, 0.2) is 30.5 Å². The monoisotopic (exact) mass is 325 g/mol. The van der Waals surface area contributed by atoms with Crippen molar-refractivity contribution in [1.29, 1.82) is 0 Å². The van der Waals surface area contributed by atoms with E-state index in [1.54, 1.807) is 42.4 Å². The molecule has 2 amide bonds. The first-order valence-corrected chi connectivity index (χ1v) is 7.57. The second-order valence-corrected chi connectivity index (χ2v) is 6.10. The first kappa shape index (κ1) is 15.6. The number of ether oxygens (including phenoxy) is 1. The Bertz CT molecular complexity index is 601. The number of rotatable bonds is 5. The predicted octanol–water partition coefficient (Wildman–Crippen LogP) is 3.65. The fraction of sp³-hybridized carbons (Fsp3) is 0.286. The summed E-state index contributed by atoms with van der Waals surface area (Å²) >= 11 is 7.24. The zero-order chi connectivity index (χ0) is 15.2. The molecule has 112 valence electrons. The number of halogens is 1. The molecule has 5 nitrogen and oxygen atoms in total. The van der Waals surface area contributed by atoms with E-state index in [1.807, 2.05) is 6.92 Å². The van der Waals surface area contributed by atoms with Crippen molar-refractivity contribution in [2.75, 3.05) is 25.5 Å². The number of nitrogens with zero attached hydrogens (tertiary/aromatic N) is 2. The van der Waals surface area contributed by atoms with Gasteiger partial charge in [-0.3, -0.25) is 5.32 Å². The van der Waals surface area contributed by atoms with Gasteiger partial charge in [0.1, 0.15) is 12.4 Å². The van der Waals surface area contributed by atoms with Gasteiger partial charge in [0, 0.05) is 23.1 Å². The van der Waals surface area contributed by atoms with Gasteiger partial charge in [0.15, 0.2) is 5.13 Å². The quantitative estimate of drug-likeness (QED) is 0.913. The minimum absolute atomic E-state index is 0.205. The molecular weight excluding hydrogens is 310 g/mol. The number of aromatic nitrogens is 1. The molecule has 1 N–H and O–H groups in total. The number of nitrogens with one attached hydrogen (secondary N) is 1. The maximum absolute atomic E-state index is 11.9. The van der Waals surface area contributed by atoms with Crippen LogP contribution in [0, 0.1) is 6.92 Å². The van der Waals surface area contributed by atoms with E-state index in [4.69, 9.17) is 16.3 Å². The first-order valence-electron chi connectivity index (χ1n) is 6.37. The van der Waals surface area contributed by atoms with E-state index in [0.717, 1.165) is 10.6 Å². The van der Waals surface area contributed by atoms with E-state index in [9.17, 15) is 4.79 Å². The third-order valence-corrected chi connectivity index (χ3v) is 3.77. The summed E-state index contributed by atoms with van der Waals surface area (Å²) in [6.45, 7) is 2.82. The molecule has 0 saturated heterocycles. The number of carbonyl (C=O) groups is 1. The fourth-order valence-electron chi connectivity index (χ4n) is 1.53. The van der Waals surface area contributed by atoms with E-state index in [0.29, 0.717) is 23.3 Å². The third-order valence-electron chi connectivity index (χ3n) is 2.69. The van der Waals surface area contributed by atoms with Crippen LogP contribution in [0.3, 0.4) is 0 Å². The van der Waals surface area contributed by atoms with Crippen molar-refractivity contribution in [1.82, 2.24) is 9.88 Å². The number of hydrogen-bond acceptors (Lipinski definition) is 4. The topological polar surface area (TPSA) is 54.5 Å². The van der Waals surface area contributed by atoms with Gasteiger partial charge >= 0.3 is 6.03 Å². The Kier molecular flexibility index (Phi) is 5.41. The van der Waals surface area contributed by atoms with Gasteiger partial charge in [0.2, 0.25) is 0 Å². The van der Waals surface area contributed by atoms with Crippen LogP contribution in [0.2, 0.25) is 5.02 Å². The van der Waals surface area contributed by atoms with Crippen LogP contribution in [-0.4, -0.2) is 36.1 Å². The van der Waals surface area contributed by atoms with Crippen molar-refractivity contribution in [3.63, 3.8) is 0 Å². The minimum Gasteiger partial charge on any atom is -0.492 e.